The number of nitrogens with zero attached hydrogens (tertiary/aromatic N) is 1. The summed E-state index contributed by atoms with van der Waals surface area (Å²) in [6.45, 7) is 3.73. The third-order valence-corrected chi connectivity index (χ3v) is 3.26. The molecule has 88 valence electrons. The van der Waals surface area contributed by atoms with Gasteiger partial charge in [0.25, 0.3) is 5.91 Å². The minimum atomic E-state index is -0.290. The van der Waals surface area contributed by atoms with Gasteiger partial charge in [-0.1, -0.05) is 21.1 Å². The monoisotopic (exact) mass is 294 g/mol. The molecule has 1 aromatic carbocycles. The van der Waals surface area contributed by atoms with Crippen molar-refractivity contribution >= 4 is 27.5 Å². The standard InChI is InChI=1S/C12H11BrN2O2/c1-7-5-9(3-4-10(7)13)15-12(16)11-8(2)6-14-17-11/h3-6H,1-2H3,(H,15,16). The number of aromatic nitrogens is 1. The molecule has 0 radical (unpaired) electrons. The Morgan fingerprint density at radius 2 is 2.12 bits per heavy atom. The second-order valence-corrected chi connectivity index (χ2v) is 4.61. The average Bonchev–Trinajstić information content (AvgIpc) is 2.70. The van der Waals surface area contributed by atoms with E-state index in [9.17, 15) is 4.79 Å². The molecule has 1 N–H and O–H groups in total. The molecule has 0 aliphatic heterocycles. The Balaban J connectivity index is 2.19. The molecule has 0 saturated heterocycles. The maximum atomic E-state index is 11.8. The van der Waals surface area contributed by atoms with Crippen LogP contribution in [0.1, 0.15) is 21.7 Å². The number of hydrogen-bond acceptors (Lipinski definition) is 3. The van der Waals surface area contributed by atoms with E-state index < -0.39 is 0 Å². The molecule has 0 atom stereocenters. The van der Waals surface area contributed by atoms with Crippen LogP contribution in [0.3, 0.4) is 0 Å². The number of halogens is 1. The van der Waals surface area contributed by atoms with Gasteiger partial charge in [0.1, 0.15) is 0 Å². The number of rotatable bonds is 2. The van der Waals surface area contributed by atoms with Crippen molar-refractivity contribution in [2.45, 2.75) is 13.8 Å². The van der Waals surface area contributed by atoms with Crippen molar-refractivity contribution in [3.8, 4) is 0 Å². The van der Waals surface area contributed by atoms with Gasteiger partial charge >= 0.3 is 0 Å². The number of anilines is 1. The Morgan fingerprint density at radius 3 is 2.71 bits per heavy atom. The summed E-state index contributed by atoms with van der Waals surface area (Å²) in [6, 6.07) is 5.59. The van der Waals surface area contributed by atoms with Crippen LogP contribution in [-0.2, 0) is 0 Å². The highest BCUT2D eigenvalue weighted by Gasteiger charge is 2.14. The van der Waals surface area contributed by atoms with Gasteiger partial charge < -0.3 is 9.84 Å². The molecular formula is C12H11BrN2O2. The Labute approximate surface area is 107 Å². The SMILES string of the molecule is Cc1cc(NC(=O)c2oncc2C)ccc1Br. The first-order valence-electron chi connectivity index (χ1n) is 5.06. The van der Waals surface area contributed by atoms with Crippen molar-refractivity contribution < 1.29 is 9.32 Å². The predicted molar refractivity (Wildman–Crippen MR) is 68.1 cm³/mol. The summed E-state index contributed by atoms with van der Waals surface area (Å²) < 4.78 is 5.89. The highest BCUT2D eigenvalue weighted by atomic mass is 79.9. The maximum Gasteiger partial charge on any atom is 0.294 e. The summed E-state index contributed by atoms with van der Waals surface area (Å²) in [5.41, 5.74) is 2.50. The van der Waals surface area contributed by atoms with Gasteiger partial charge in [-0.2, -0.15) is 0 Å². The third kappa shape index (κ3) is 2.55. The first-order chi connectivity index (χ1) is 8.08. The van der Waals surface area contributed by atoms with E-state index in [1.807, 2.05) is 25.1 Å². The van der Waals surface area contributed by atoms with Gasteiger partial charge in [0.2, 0.25) is 5.76 Å². The zero-order chi connectivity index (χ0) is 12.4. The van der Waals surface area contributed by atoms with Crippen molar-refractivity contribution in [3.63, 3.8) is 0 Å². The Hall–Kier alpha value is -1.62. The van der Waals surface area contributed by atoms with Crippen LogP contribution in [0.2, 0.25) is 0 Å². The van der Waals surface area contributed by atoms with Crippen LogP contribution in [0.25, 0.3) is 0 Å². The van der Waals surface area contributed by atoms with Crippen molar-refractivity contribution in [1.29, 1.82) is 0 Å². The van der Waals surface area contributed by atoms with Crippen molar-refractivity contribution in [3.05, 3.63) is 45.8 Å². The molecule has 2 rings (SSSR count). The lowest BCUT2D eigenvalue weighted by atomic mass is 10.2. The summed E-state index contributed by atoms with van der Waals surface area (Å²) in [5.74, 6) is -0.0488. The fraction of sp³-hybridized carbons (Fsp3) is 0.167. The van der Waals surface area contributed by atoms with Gasteiger partial charge in [0.05, 0.1) is 6.20 Å². The van der Waals surface area contributed by atoms with Crippen molar-refractivity contribution in [1.82, 2.24) is 5.16 Å². The van der Waals surface area contributed by atoms with E-state index in [1.54, 1.807) is 6.92 Å². The van der Waals surface area contributed by atoms with Crippen molar-refractivity contribution in [2.75, 3.05) is 5.32 Å². The number of carbonyl (C=O) groups excluding carboxylic acids is 1. The Bertz CT molecular complexity index is 563. The molecule has 1 heterocycles. The maximum absolute atomic E-state index is 11.8. The van der Waals surface area contributed by atoms with Crippen LogP contribution >= 0.6 is 15.9 Å². The summed E-state index contributed by atoms with van der Waals surface area (Å²) in [7, 11) is 0. The lowest BCUT2D eigenvalue weighted by molar-refractivity contribution is 0.0987. The number of nitrogens with one attached hydrogen (secondary N) is 1. The summed E-state index contributed by atoms with van der Waals surface area (Å²) in [5, 5.41) is 6.33. The Morgan fingerprint density at radius 1 is 1.35 bits per heavy atom. The summed E-state index contributed by atoms with van der Waals surface area (Å²) in [6.07, 6.45) is 1.52. The summed E-state index contributed by atoms with van der Waals surface area (Å²) in [4.78, 5) is 11.8. The van der Waals surface area contributed by atoms with Crippen molar-refractivity contribution in [2.24, 2.45) is 0 Å². The first-order valence-corrected chi connectivity index (χ1v) is 5.86. The Kier molecular flexibility index (Phi) is 3.28. The second kappa shape index (κ2) is 4.71. The zero-order valence-corrected chi connectivity index (χ0v) is 11.0. The predicted octanol–water partition coefficient (Wildman–Crippen LogP) is 3.31. The fourth-order valence-electron chi connectivity index (χ4n) is 1.42. The molecule has 1 aromatic heterocycles. The smallest absolute Gasteiger partial charge is 0.294 e. The highest BCUT2D eigenvalue weighted by Crippen LogP contribution is 2.20. The number of amides is 1. The fourth-order valence-corrected chi connectivity index (χ4v) is 1.67. The van der Waals surface area contributed by atoms with E-state index in [-0.39, 0.29) is 11.7 Å². The zero-order valence-electron chi connectivity index (χ0n) is 9.45. The first kappa shape index (κ1) is 11.9. The molecule has 0 saturated carbocycles. The molecule has 2 aromatic rings. The van der Waals surface area contributed by atoms with Crippen LogP contribution in [0.15, 0.2) is 33.4 Å². The van der Waals surface area contributed by atoms with Crippen LogP contribution in [0.4, 0.5) is 5.69 Å². The van der Waals surface area contributed by atoms with Gasteiger partial charge in [-0.3, -0.25) is 4.79 Å². The van der Waals surface area contributed by atoms with E-state index in [0.717, 1.165) is 21.3 Å². The molecular weight excluding hydrogens is 284 g/mol. The van der Waals surface area contributed by atoms with E-state index in [0.29, 0.717) is 0 Å². The summed E-state index contributed by atoms with van der Waals surface area (Å²) >= 11 is 3.40. The van der Waals surface area contributed by atoms with Gasteiger partial charge in [-0.15, -0.1) is 0 Å². The molecule has 0 aliphatic rings. The second-order valence-electron chi connectivity index (χ2n) is 3.76. The van der Waals surface area contributed by atoms with Gasteiger partial charge in [0.15, 0.2) is 0 Å². The number of carbonyl (C=O) groups is 1. The van der Waals surface area contributed by atoms with Gasteiger partial charge in [-0.05, 0) is 37.6 Å². The molecule has 4 nitrogen and oxygen atoms in total. The minimum absolute atomic E-state index is 0.241. The molecule has 17 heavy (non-hydrogen) atoms. The highest BCUT2D eigenvalue weighted by molar-refractivity contribution is 9.10. The quantitative estimate of drug-likeness (QED) is 0.924. The normalized spacial score (nSPS) is 10.3. The van der Waals surface area contributed by atoms with Crippen LogP contribution in [0, 0.1) is 13.8 Å². The van der Waals surface area contributed by atoms with Crippen LogP contribution < -0.4 is 5.32 Å². The topological polar surface area (TPSA) is 55.1 Å². The van der Waals surface area contributed by atoms with Crippen LogP contribution in [-0.4, -0.2) is 11.1 Å². The minimum Gasteiger partial charge on any atom is -0.351 e. The van der Waals surface area contributed by atoms with E-state index in [4.69, 9.17) is 4.52 Å². The molecule has 5 heteroatoms. The molecule has 0 fully saturated rings. The van der Waals surface area contributed by atoms with E-state index >= 15 is 0 Å². The van der Waals surface area contributed by atoms with E-state index in [2.05, 4.69) is 26.4 Å². The molecule has 0 aliphatic carbocycles. The lowest BCUT2D eigenvalue weighted by Crippen LogP contribution is -2.12. The number of benzene rings is 1. The van der Waals surface area contributed by atoms with E-state index in [1.165, 1.54) is 6.20 Å². The molecule has 0 bridgehead atoms. The van der Waals surface area contributed by atoms with Gasteiger partial charge in [-0.25, -0.2) is 0 Å². The molecule has 0 spiro atoms. The largest absolute Gasteiger partial charge is 0.351 e. The number of hydrogen-bond donors (Lipinski definition) is 1. The average molecular weight is 295 g/mol. The number of aryl methyl sites for hydroxylation is 2. The lowest BCUT2D eigenvalue weighted by Gasteiger charge is -2.05. The van der Waals surface area contributed by atoms with Gasteiger partial charge in [0, 0.05) is 15.7 Å². The van der Waals surface area contributed by atoms with Crippen LogP contribution in [0.5, 0.6) is 0 Å². The third-order valence-electron chi connectivity index (χ3n) is 2.37. The molecule has 1 amide bonds. The molecule has 0 unspecified atom stereocenters.